The van der Waals surface area contributed by atoms with Gasteiger partial charge in [0.2, 0.25) is 5.89 Å². The summed E-state index contributed by atoms with van der Waals surface area (Å²) in [4.78, 5) is 11.5. The second kappa shape index (κ2) is 6.54. The van der Waals surface area contributed by atoms with Crippen molar-refractivity contribution in [2.75, 3.05) is 0 Å². The van der Waals surface area contributed by atoms with E-state index in [0.717, 1.165) is 23.2 Å². The van der Waals surface area contributed by atoms with E-state index in [0.29, 0.717) is 24.1 Å². The summed E-state index contributed by atoms with van der Waals surface area (Å²) in [5.41, 5.74) is 12.9. The fraction of sp³-hybridized carbons (Fsp3) is 0.294. The summed E-state index contributed by atoms with van der Waals surface area (Å²) in [5, 5.41) is 4.04. The highest BCUT2D eigenvalue weighted by Crippen LogP contribution is 2.35. The predicted molar refractivity (Wildman–Crippen MR) is 88.1 cm³/mol. The van der Waals surface area contributed by atoms with E-state index in [1.165, 1.54) is 19.2 Å². The minimum absolute atomic E-state index is 0.0447. The van der Waals surface area contributed by atoms with Gasteiger partial charge in [-0.15, -0.1) is 5.10 Å². The predicted octanol–water partition coefficient (Wildman–Crippen LogP) is 2.13. The molecular formula is C17H18F2N4O2. The van der Waals surface area contributed by atoms with Crippen LogP contribution in [-0.2, 0) is 7.05 Å². The molecule has 1 heterocycles. The zero-order valence-corrected chi connectivity index (χ0v) is 13.6. The first kappa shape index (κ1) is 16.9. The van der Waals surface area contributed by atoms with Crippen LogP contribution < -0.4 is 17.2 Å². The Hall–Kier alpha value is -2.90. The third-order valence-corrected chi connectivity index (χ3v) is 4.27. The molecule has 25 heavy (non-hydrogen) atoms. The van der Waals surface area contributed by atoms with Gasteiger partial charge in [-0.1, -0.05) is 6.07 Å². The lowest BCUT2D eigenvalue weighted by molar-refractivity contribution is 0.414. The maximum atomic E-state index is 13.9. The monoisotopic (exact) mass is 348 g/mol. The molecule has 0 spiro atoms. The topological polar surface area (TPSA) is 100 Å². The molecule has 1 unspecified atom stereocenters. The summed E-state index contributed by atoms with van der Waals surface area (Å²) in [6.07, 6.45) is 3.50. The van der Waals surface area contributed by atoms with Crippen LogP contribution in [0, 0.1) is 11.6 Å². The van der Waals surface area contributed by atoms with Crippen molar-refractivity contribution >= 4 is 5.70 Å². The van der Waals surface area contributed by atoms with Gasteiger partial charge in [-0.2, -0.15) is 4.68 Å². The Balaban J connectivity index is 2.00. The van der Waals surface area contributed by atoms with Crippen molar-refractivity contribution in [2.45, 2.75) is 25.2 Å². The lowest BCUT2D eigenvalue weighted by atomic mass is 9.86. The molecule has 0 bridgehead atoms. The first-order valence-corrected chi connectivity index (χ1v) is 7.82. The molecule has 132 valence electrons. The molecule has 0 fully saturated rings. The number of nitrogens with two attached hydrogens (primary N) is 2. The molecule has 8 heteroatoms. The molecule has 1 aliphatic carbocycles. The summed E-state index contributed by atoms with van der Waals surface area (Å²) < 4.78 is 33.9. The van der Waals surface area contributed by atoms with Crippen molar-refractivity contribution in [3.63, 3.8) is 0 Å². The average Bonchev–Trinajstić information content (AvgIpc) is 2.88. The van der Waals surface area contributed by atoms with Crippen LogP contribution in [0.15, 0.2) is 44.8 Å². The Kier molecular flexibility index (Phi) is 4.43. The summed E-state index contributed by atoms with van der Waals surface area (Å²) in [7, 11) is 1.48. The first-order chi connectivity index (χ1) is 11.9. The largest absolute Gasteiger partial charge is 0.436 e. The molecule has 1 aromatic heterocycles. The van der Waals surface area contributed by atoms with Gasteiger partial charge >= 0.3 is 5.76 Å². The number of allylic oxidation sites excluding steroid dienone is 3. The van der Waals surface area contributed by atoms with Crippen molar-refractivity contribution in [1.82, 2.24) is 9.78 Å². The third-order valence-electron chi connectivity index (χ3n) is 4.27. The van der Waals surface area contributed by atoms with Gasteiger partial charge < -0.3 is 15.9 Å². The van der Waals surface area contributed by atoms with E-state index in [1.54, 1.807) is 0 Å². The van der Waals surface area contributed by atoms with E-state index >= 15 is 0 Å². The van der Waals surface area contributed by atoms with Crippen molar-refractivity contribution in [2.24, 2.45) is 18.5 Å². The summed E-state index contributed by atoms with van der Waals surface area (Å²) in [6.45, 7) is 0. The molecule has 0 aliphatic heterocycles. The van der Waals surface area contributed by atoms with E-state index in [2.05, 4.69) is 5.10 Å². The second-order valence-electron chi connectivity index (χ2n) is 5.95. The first-order valence-electron chi connectivity index (χ1n) is 7.82. The number of rotatable bonds is 3. The lowest BCUT2D eigenvalue weighted by Crippen LogP contribution is -2.18. The highest BCUT2D eigenvalue weighted by molar-refractivity contribution is 5.66. The van der Waals surface area contributed by atoms with Crippen molar-refractivity contribution < 1.29 is 13.2 Å². The zero-order valence-electron chi connectivity index (χ0n) is 13.6. The second-order valence-corrected chi connectivity index (χ2v) is 5.95. The van der Waals surface area contributed by atoms with E-state index in [9.17, 15) is 13.6 Å². The van der Waals surface area contributed by atoms with Gasteiger partial charge in [-0.05, 0) is 43.0 Å². The number of aryl methyl sites for hydroxylation is 1. The van der Waals surface area contributed by atoms with Crippen LogP contribution in [-0.4, -0.2) is 9.78 Å². The Bertz CT molecular complexity index is 907. The van der Waals surface area contributed by atoms with Gasteiger partial charge in [0.1, 0.15) is 11.6 Å². The molecule has 0 saturated carbocycles. The standard InChI is InChI=1S/C17H18F2N4O2/c1-23-17(24)25-16(22-23)10-5-2-4-9(15(10)21)8-13(20)14-11(18)6-3-7-12(14)19/h3,6-8,10H,2,4-5,20-21H2,1H3/b13-8-. The van der Waals surface area contributed by atoms with E-state index in [-0.39, 0.29) is 23.1 Å². The van der Waals surface area contributed by atoms with Crippen LogP contribution in [0.1, 0.15) is 36.6 Å². The van der Waals surface area contributed by atoms with Crippen LogP contribution in [0.2, 0.25) is 0 Å². The van der Waals surface area contributed by atoms with E-state index in [4.69, 9.17) is 15.9 Å². The molecule has 1 atom stereocenters. The van der Waals surface area contributed by atoms with Crippen molar-refractivity contribution in [3.8, 4) is 0 Å². The minimum atomic E-state index is -0.740. The molecule has 1 aromatic carbocycles. The third kappa shape index (κ3) is 3.19. The van der Waals surface area contributed by atoms with Gasteiger partial charge in [-0.25, -0.2) is 13.6 Å². The van der Waals surface area contributed by atoms with E-state index in [1.807, 2.05) is 0 Å². The van der Waals surface area contributed by atoms with Crippen molar-refractivity contribution in [3.05, 3.63) is 69.2 Å². The quantitative estimate of drug-likeness (QED) is 0.885. The Morgan fingerprint density at radius 3 is 2.68 bits per heavy atom. The number of hydrogen-bond donors (Lipinski definition) is 2. The highest BCUT2D eigenvalue weighted by Gasteiger charge is 2.27. The molecule has 3 rings (SSSR count). The van der Waals surface area contributed by atoms with Crippen LogP contribution in [0.4, 0.5) is 8.78 Å². The van der Waals surface area contributed by atoms with Crippen LogP contribution in [0.3, 0.4) is 0 Å². The fourth-order valence-corrected chi connectivity index (χ4v) is 2.97. The molecule has 6 nitrogen and oxygen atoms in total. The smallest absolute Gasteiger partial charge is 0.401 e. The molecular weight excluding hydrogens is 330 g/mol. The number of nitrogens with zero attached hydrogens (tertiary/aromatic N) is 2. The summed E-state index contributed by atoms with van der Waals surface area (Å²) in [5.74, 6) is -2.19. The summed E-state index contributed by atoms with van der Waals surface area (Å²) in [6, 6.07) is 3.56. The van der Waals surface area contributed by atoms with Gasteiger partial charge in [0.15, 0.2) is 0 Å². The average molecular weight is 348 g/mol. The minimum Gasteiger partial charge on any atom is -0.401 e. The number of benzene rings is 1. The normalized spacial score (nSPS) is 18.7. The molecule has 2 aromatic rings. The Morgan fingerprint density at radius 2 is 2.08 bits per heavy atom. The van der Waals surface area contributed by atoms with Crippen LogP contribution in [0.25, 0.3) is 5.70 Å². The van der Waals surface area contributed by atoms with Gasteiger partial charge in [0.05, 0.1) is 11.5 Å². The molecule has 0 saturated heterocycles. The zero-order chi connectivity index (χ0) is 18.1. The molecule has 1 aliphatic rings. The molecule has 0 radical (unpaired) electrons. The van der Waals surface area contributed by atoms with Crippen LogP contribution >= 0.6 is 0 Å². The Morgan fingerprint density at radius 1 is 1.40 bits per heavy atom. The highest BCUT2D eigenvalue weighted by atomic mass is 19.1. The SMILES string of the molecule is Cn1nc(C2CCCC(/C=C(\N)c3c(F)cccc3F)=C2N)oc1=O. The number of hydrogen-bond acceptors (Lipinski definition) is 5. The molecule has 4 N–H and O–H groups in total. The van der Waals surface area contributed by atoms with Gasteiger partial charge in [0, 0.05) is 18.4 Å². The molecule has 0 amide bonds. The number of halogens is 2. The van der Waals surface area contributed by atoms with Gasteiger partial charge in [-0.3, -0.25) is 0 Å². The van der Waals surface area contributed by atoms with Gasteiger partial charge in [0.25, 0.3) is 0 Å². The van der Waals surface area contributed by atoms with Crippen molar-refractivity contribution in [1.29, 1.82) is 0 Å². The maximum Gasteiger partial charge on any atom is 0.436 e. The Labute approximate surface area is 142 Å². The number of aromatic nitrogens is 2. The van der Waals surface area contributed by atoms with Crippen LogP contribution in [0.5, 0.6) is 0 Å². The summed E-state index contributed by atoms with van der Waals surface area (Å²) >= 11 is 0. The van der Waals surface area contributed by atoms with E-state index < -0.39 is 17.4 Å². The lowest BCUT2D eigenvalue weighted by Gasteiger charge is -2.22. The maximum absolute atomic E-state index is 13.9. The fourth-order valence-electron chi connectivity index (χ4n) is 2.97.